The number of nitrogen functional groups attached to an aromatic ring is 1. The molecule has 4 N–H and O–H groups in total. The molecular formula is C7H9BrN4. The van der Waals surface area contributed by atoms with Crippen LogP contribution in [0, 0.1) is 0 Å². The molecule has 0 aliphatic carbocycles. The van der Waals surface area contributed by atoms with Gasteiger partial charge in [-0.1, -0.05) is 0 Å². The van der Waals surface area contributed by atoms with Crippen LogP contribution in [0.15, 0.2) is 21.7 Å². The Labute approximate surface area is 78.8 Å². The van der Waals surface area contributed by atoms with Gasteiger partial charge in [0.1, 0.15) is 11.7 Å². The van der Waals surface area contributed by atoms with E-state index in [0.717, 1.165) is 4.47 Å². The molecule has 0 radical (unpaired) electrons. The van der Waals surface area contributed by atoms with E-state index >= 15 is 0 Å². The van der Waals surface area contributed by atoms with Gasteiger partial charge in [-0.15, -0.1) is 0 Å². The standard InChI is InChI=1S/C7H9BrN4/c1-11-6(9)5-2-4(8)3-12-7(5)10/h2-3H,1H3,(H2,9,11)(H2,10,12). The van der Waals surface area contributed by atoms with Crippen LogP contribution in [0.2, 0.25) is 0 Å². The second kappa shape index (κ2) is 3.53. The molecule has 0 aliphatic heterocycles. The van der Waals surface area contributed by atoms with Crippen LogP contribution >= 0.6 is 15.9 Å². The number of hydrogen-bond acceptors (Lipinski definition) is 3. The number of aromatic nitrogens is 1. The Morgan fingerprint density at radius 1 is 1.67 bits per heavy atom. The summed E-state index contributed by atoms with van der Waals surface area (Å²) in [6, 6.07) is 1.78. The van der Waals surface area contributed by atoms with Gasteiger partial charge >= 0.3 is 0 Å². The summed E-state index contributed by atoms with van der Waals surface area (Å²) < 4.78 is 0.832. The normalized spacial score (nSPS) is 11.7. The average molecular weight is 229 g/mol. The van der Waals surface area contributed by atoms with Crippen molar-refractivity contribution in [1.82, 2.24) is 4.98 Å². The van der Waals surface area contributed by atoms with Crippen LogP contribution < -0.4 is 11.5 Å². The van der Waals surface area contributed by atoms with Gasteiger partial charge in [0.25, 0.3) is 0 Å². The van der Waals surface area contributed by atoms with E-state index in [4.69, 9.17) is 11.5 Å². The zero-order chi connectivity index (χ0) is 9.14. The lowest BCUT2D eigenvalue weighted by molar-refractivity contribution is 1.29. The van der Waals surface area contributed by atoms with Gasteiger partial charge in [-0.25, -0.2) is 4.98 Å². The molecule has 0 aliphatic rings. The Morgan fingerprint density at radius 2 is 2.33 bits per heavy atom. The number of anilines is 1. The van der Waals surface area contributed by atoms with Crippen molar-refractivity contribution in [3.05, 3.63) is 22.3 Å². The van der Waals surface area contributed by atoms with Gasteiger partial charge in [0, 0.05) is 17.7 Å². The molecule has 5 heteroatoms. The van der Waals surface area contributed by atoms with Crippen LogP contribution in [0.25, 0.3) is 0 Å². The van der Waals surface area contributed by atoms with Crippen molar-refractivity contribution in [2.75, 3.05) is 12.8 Å². The molecule has 0 amide bonds. The molecule has 0 atom stereocenters. The Kier molecular flexibility index (Phi) is 2.65. The van der Waals surface area contributed by atoms with Crippen LogP contribution in [0.5, 0.6) is 0 Å². The van der Waals surface area contributed by atoms with E-state index in [0.29, 0.717) is 17.2 Å². The second-order valence-corrected chi connectivity index (χ2v) is 3.11. The molecular weight excluding hydrogens is 220 g/mol. The predicted molar refractivity (Wildman–Crippen MR) is 53.0 cm³/mol. The van der Waals surface area contributed by atoms with E-state index < -0.39 is 0 Å². The third-order valence-electron chi connectivity index (χ3n) is 1.40. The smallest absolute Gasteiger partial charge is 0.134 e. The Bertz CT molecular complexity index is 321. The highest BCUT2D eigenvalue weighted by atomic mass is 79.9. The van der Waals surface area contributed by atoms with E-state index in [-0.39, 0.29) is 0 Å². The molecule has 0 unspecified atom stereocenters. The number of halogens is 1. The Morgan fingerprint density at radius 3 is 2.92 bits per heavy atom. The van der Waals surface area contributed by atoms with E-state index in [1.165, 1.54) is 0 Å². The third kappa shape index (κ3) is 1.73. The van der Waals surface area contributed by atoms with Crippen molar-refractivity contribution < 1.29 is 0 Å². The largest absolute Gasteiger partial charge is 0.383 e. The summed E-state index contributed by atoms with van der Waals surface area (Å²) in [5.41, 5.74) is 11.8. The first kappa shape index (κ1) is 8.99. The van der Waals surface area contributed by atoms with Crippen LogP contribution in [0.4, 0.5) is 5.82 Å². The monoisotopic (exact) mass is 228 g/mol. The SMILES string of the molecule is CN=C(N)c1cc(Br)cnc1N. The molecule has 1 heterocycles. The number of rotatable bonds is 1. The summed E-state index contributed by atoms with van der Waals surface area (Å²) >= 11 is 3.27. The first-order valence-corrected chi connectivity index (χ1v) is 4.08. The number of aliphatic imine (C=N–C) groups is 1. The lowest BCUT2D eigenvalue weighted by Crippen LogP contribution is -2.15. The van der Waals surface area contributed by atoms with Gasteiger partial charge in [0.2, 0.25) is 0 Å². The number of nitrogens with zero attached hydrogens (tertiary/aromatic N) is 2. The number of amidine groups is 1. The van der Waals surface area contributed by atoms with Crippen LogP contribution in [-0.2, 0) is 0 Å². The molecule has 1 aromatic rings. The summed E-state index contributed by atoms with van der Waals surface area (Å²) in [5.74, 6) is 0.780. The van der Waals surface area contributed by atoms with E-state index in [1.54, 1.807) is 19.3 Å². The quantitative estimate of drug-likeness (QED) is 0.551. The second-order valence-electron chi connectivity index (χ2n) is 2.20. The van der Waals surface area contributed by atoms with Gasteiger partial charge in [-0.05, 0) is 22.0 Å². The summed E-state index contributed by atoms with van der Waals surface area (Å²) in [6.07, 6.45) is 1.61. The zero-order valence-corrected chi connectivity index (χ0v) is 8.17. The number of pyridine rings is 1. The zero-order valence-electron chi connectivity index (χ0n) is 6.58. The van der Waals surface area contributed by atoms with Crippen molar-refractivity contribution in [3.63, 3.8) is 0 Å². The molecule has 0 saturated carbocycles. The third-order valence-corrected chi connectivity index (χ3v) is 1.84. The van der Waals surface area contributed by atoms with Gasteiger partial charge in [0.15, 0.2) is 0 Å². The fourth-order valence-corrected chi connectivity index (χ4v) is 1.11. The summed E-state index contributed by atoms with van der Waals surface area (Å²) in [4.78, 5) is 7.73. The van der Waals surface area contributed by atoms with Gasteiger partial charge < -0.3 is 11.5 Å². The molecule has 1 rings (SSSR count). The Balaban J connectivity index is 3.23. The highest BCUT2D eigenvalue weighted by molar-refractivity contribution is 9.10. The van der Waals surface area contributed by atoms with Crippen molar-refractivity contribution in [1.29, 1.82) is 0 Å². The molecule has 0 aromatic carbocycles. The molecule has 1 aromatic heterocycles. The van der Waals surface area contributed by atoms with Crippen molar-refractivity contribution in [2.45, 2.75) is 0 Å². The summed E-state index contributed by atoms with van der Waals surface area (Å²) in [7, 11) is 1.61. The molecule has 4 nitrogen and oxygen atoms in total. The summed E-state index contributed by atoms with van der Waals surface area (Å²) in [6.45, 7) is 0. The van der Waals surface area contributed by atoms with E-state index in [9.17, 15) is 0 Å². The average Bonchev–Trinajstić information content (AvgIpc) is 2.08. The molecule has 0 bridgehead atoms. The van der Waals surface area contributed by atoms with Crippen molar-refractivity contribution in [3.8, 4) is 0 Å². The number of nitrogens with two attached hydrogens (primary N) is 2. The van der Waals surface area contributed by atoms with E-state index in [2.05, 4.69) is 25.9 Å². The highest BCUT2D eigenvalue weighted by Crippen LogP contribution is 2.14. The maximum Gasteiger partial charge on any atom is 0.134 e. The fraction of sp³-hybridized carbons (Fsp3) is 0.143. The molecule has 0 saturated heterocycles. The van der Waals surface area contributed by atoms with Gasteiger partial charge in [0.05, 0.1) is 5.56 Å². The Hall–Kier alpha value is -1.10. The molecule has 0 spiro atoms. The minimum Gasteiger partial charge on any atom is -0.383 e. The van der Waals surface area contributed by atoms with Crippen LogP contribution in [0.1, 0.15) is 5.56 Å². The summed E-state index contributed by atoms with van der Waals surface area (Å²) in [5, 5.41) is 0. The minimum atomic E-state index is 0.390. The van der Waals surface area contributed by atoms with Crippen molar-refractivity contribution in [2.24, 2.45) is 10.7 Å². The molecule has 12 heavy (non-hydrogen) atoms. The highest BCUT2D eigenvalue weighted by Gasteiger charge is 2.04. The lowest BCUT2D eigenvalue weighted by atomic mass is 10.2. The number of hydrogen-bond donors (Lipinski definition) is 2. The van der Waals surface area contributed by atoms with Crippen molar-refractivity contribution >= 4 is 27.6 Å². The lowest BCUT2D eigenvalue weighted by Gasteiger charge is -2.02. The van der Waals surface area contributed by atoms with Gasteiger partial charge in [-0.3, -0.25) is 4.99 Å². The van der Waals surface area contributed by atoms with Crippen LogP contribution in [0.3, 0.4) is 0 Å². The minimum absolute atomic E-state index is 0.390. The maximum atomic E-state index is 5.57. The molecule has 0 fully saturated rings. The molecule has 64 valence electrons. The van der Waals surface area contributed by atoms with E-state index in [1.807, 2.05) is 0 Å². The fourth-order valence-electron chi connectivity index (χ4n) is 0.775. The maximum absolute atomic E-state index is 5.57. The van der Waals surface area contributed by atoms with Crippen LogP contribution in [-0.4, -0.2) is 17.9 Å². The topological polar surface area (TPSA) is 77.3 Å². The predicted octanol–water partition coefficient (Wildman–Crippen LogP) is 0.761. The first-order valence-electron chi connectivity index (χ1n) is 3.28. The van der Waals surface area contributed by atoms with Gasteiger partial charge in [-0.2, -0.15) is 0 Å². The first-order chi connectivity index (χ1) is 5.65.